The number of hydrogen-bond acceptors (Lipinski definition) is 1. The summed E-state index contributed by atoms with van der Waals surface area (Å²) in [7, 11) is 0. The molecule has 3 heteroatoms. The summed E-state index contributed by atoms with van der Waals surface area (Å²) in [6.45, 7) is 10.0. The predicted octanol–water partition coefficient (Wildman–Crippen LogP) is 3.60. The van der Waals surface area contributed by atoms with Gasteiger partial charge in [0.2, 0.25) is 0 Å². The maximum Gasteiger partial charge on any atom is 0.251 e. The summed E-state index contributed by atoms with van der Waals surface area (Å²) in [6.07, 6.45) is 0. The molecular weight excluding hydrogens is 278 g/mol. The van der Waals surface area contributed by atoms with Crippen LogP contribution in [0, 0.1) is 13.8 Å². The van der Waals surface area contributed by atoms with Crippen LogP contribution >= 0.6 is 15.9 Å². The monoisotopic (exact) mass is 297 g/mol. The molecule has 0 bridgehead atoms. The number of carbonyl (C=O) groups excluding carboxylic acids is 1. The number of benzene rings is 1. The van der Waals surface area contributed by atoms with Gasteiger partial charge in [-0.15, -0.1) is 0 Å². The number of halogens is 1. The van der Waals surface area contributed by atoms with Gasteiger partial charge in [-0.1, -0.05) is 40.5 Å². The summed E-state index contributed by atoms with van der Waals surface area (Å²) < 4.78 is 0. The highest BCUT2D eigenvalue weighted by Crippen LogP contribution is 2.18. The number of aryl methyl sites for hydroxylation is 2. The Hall–Kier alpha value is -0.830. The Morgan fingerprint density at radius 1 is 1.35 bits per heavy atom. The topological polar surface area (TPSA) is 29.1 Å². The van der Waals surface area contributed by atoms with Crippen molar-refractivity contribution in [2.45, 2.75) is 45.0 Å². The van der Waals surface area contributed by atoms with Crippen LogP contribution in [0.5, 0.6) is 0 Å². The Kier molecular flexibility index (Phi) is 4.36. The molecular formula is C14H20BrNO. The van der Waals surface area contributed by atoms with Crippen LogP contribution in [0.3, 0.4) is 0 Å². The molecule has 0 fully saturated rings. The number of nitrogens with one attached hydrogen (secondary N) is 1. The van der Waals surface area contributed by atoms with E-state index in [-0.39, 0.29) is 16.3 Å². The lowest BCUT2D eigenvalue weighted by atomic mass is 9.99. The smallest absolute Gasteiger partial charge is 0.251 e. The SMILES string of the molecule is Cc1ccc(C(=O)NC(C)(C)C(C)Br)c(C)c1. The zero-order valence-electron chi connectivity index (χ0n) is 11.1. The average molecular weight is 298 g/mol. The quantitative estimate of drug-likeness (QED) is 0.849. The molecule has 94 valence electrons. The van der Waals surface area contributed by atoms with E-state index >= 15 is 0 Å². The van der Waals surface area contributed by atoms with E-state index in [1.807, 2.05) is 52.8 Å². The first-order valence-electron chi connectivity index (χ1n) is 5.78. The predicted molar refractivity (Wildman–Crippen MR) is 75.9 cm³/mol. The maximum absolute atomic E-state index is 12.2. The van der Waals surface area contributed by atoms with Crippen molar-refractivity contribution in [3.8, 4) is 0 Å². The largest absolute Gasteiger partial charge is 0.346 e. The van der Waals surface area contributed by atoms with E-state index < -0.39 is 0 Å². The van der Waals surface area contributed by atoms with E-state index in [0.717, 1.165) is 11.1 Å². The van der Waals surface area contributed by atoms with Crippen molar-refractivity contribution in [3.05, 3.63) is 34.9 Å². The van der Waals surface area contributed by atoms with Gasteiger partial charge >= 0.3 is 0 Å². The summed E-state index contributed by atoms with van der Waals surface area (Å²) >= 11 is 3.51. The molecule has 0 aliphatic carbocycles. The van der Waals surface area contributed by atoms with E-state index in [1.165, 1.54) is 5.56 Å². The molecule has 0 spiro atoms. The molecule has 0 saturated carbocycles. The summed E-state index contributed by atoms with van der Waals surface area (Å²) in [5.41, 5.74) is 2.67. The molecule has 1 rings (SSSR count). The van der Waals surface area contributed by atoms with Gasteiger partial charge < -0.3 is 5.32 Å². The van der Waals surface area contributed by atoms with Gasteiger partial charge in [-0.25, -0.2) is 0 Å². The van der Waals surface area contributed by atoms with Crippen LogP contribution in [-0.4, -0.2) is 16.3 Å². The summed E-state index contributed by atoms with van der Waals surface area (Å²) in [6, 6.07) is 5.88. The molecule has 1 aromatic carbocycles. The van der Waals surface area contributed by atoms with Crippen molar-refractivity contribution in [3.63, 3.8) is 0 Å². The zero-order chi connectivity index (χ0) is 13.2. The summed E-state index contributed by atoms with van der Waals surface area (Å²) in [5.74, 6) is -0.0150. The highest BCUT2D eigenvalue weighted by Gasteiger charge is 2.26. The van der Waals surface area contributed by atoms with E-state index in [4.69, 9.17) is 0 Å². The molecule has 0 aliphatic heterocycles. The molecule has 1 amide bonds. The first kappa shape index (κ1) is 14.2. The van der Waals surface area contributed by atoms with Crippen molar-refractivity contribution < 1.29 is 4.79 Å². The molecule has 1 aromatic rings. The van der Waals surface area contributed by atoms with Gasteiger partial charge in [-0.05, 0) is 39.3 Å². The molecule has 17 heavy (non-hydrogen) atoms. The van der Waals surface area contributed by atoms with Gasteiger partial charge in [0, 0.05) is 15.9 Å². The van der Waals surface area contributed by atoms with Crippen LogP contribution in [0.15, 0.2) is 18.2 Å². The molecule has 0 heterocycles. The Morgan fingerprint density at radius 3 is 2.41 bits per heavy atom. The number of alkyl halides is 1. The molecule has 0 radical (unpaired) electrons. The van der Waals surface area contributed by atoms with Crippen molar-refractivity contribution in [2.75, 3.05) is 0 Å². The molecule has 0 aliphatic rings. The Labute approximate surface area is 112 Å². The highest BCUT2D eigenvalue weighted by atomic mass is 79.9. The maximum atomic E-state index is 12.2. The van der Waals surface area contributed by atoms with Crippen molar-refractivity contribution >= 4 is 21.8 Å². The second-order valence-corrected chi connectivity index (χ2v) is 6.48. The average Bonchev–Trinajstić information content (AvgIpc) is 2.15. The number of rotatable bonds is 3. The number of carbonyl (C=O) groups is 1. The Bertz CT molecular complexity index is 424. The second-order valence-electron chi connectivity index (χ2n) is 5.11. The van der Waals surface area contributed by atoms with E-state index in [9.17, 15) is 4.79 Å². The van der Waals surface area contributed by atoms with Crippen LogP contribution in [-0.2, 0) is 0 Å². The van der Waals surface area contributed by atoms with Crippen molar-refractivity contribution in [1.29, 1.82) is 0 Å². The summed E-state index contributed by atoms with van der Waals surface area (Å²) in [5, 5.41) is 3.05. The fourth-order valence-electron chi connectivity index (χ4n) is 1.53. The lowest BCUT2D eigenvalue weighted by Gasteiger charge is -2.29. The van der Waals surface area contributed by atoms with E-state index in [1.54, 1.807) is 0 Å². The van der Waals surface area contributed by atoms with Gasteiger partial charge in [0.25, 0.3) is 5.91 Å². The highest BCUT2D eigenvalue weighted by molar-refractivity contribution is 9.09. The third-order valence-corrected chi connectivity index (χ3v) is 4.20. The van der Waals surface area contributed by atoms with Crippen LogP contribution in [0.25, 0.3) is 0 Å². The van der Waals surface area contributed by atoms with Gasteiger partial charge in [-0.3, -0.25) is 4.79 Å². The normalized spacial score (nSPS) is 13.3. The third-order valence-electron chi connectivity index (χ3n) is 3.06. The molecule has 1 N–H and O–H groups in total. The van der Waals surface area contributed by atoms with Crippen molar-refractivity contribution in [2.24, 2.45) is 0 Å². The minimum absolute atomic E-state index is 0.0150. The minimum atomic E-state index is -0.269. The van der Waals surface area contributed by atoms with Crippen LogP contribution < -0.4 is 5.32 Å². The Balaban J connectivity index is 2.91. The number of amides is 1. The van der Waals surface area contributed by atoms with Gasteiger partial charge in [0.15, 0.2) is 0 Å². The second kappa shape index (κ2) is 5.21. The molecule has 2 nitrogen and oxygen atoms in total. The molecule has 0 aromatic heterocycles. The lowest BCUT2D eigenvalue weighted by molar-refractivity contribution is 0.0913. The van der Waals surface area contributed by atoms with Crippen LogP contribution in [0.4, 0.5) is 0 Å². The third kappa shape index (κ3) is 3.56. The van der Waals surface area contributed by atoms with Crippen LogP contribution in [0.1, 0.15) is 42.3 Å². The van der Waals surface area contributed by atoms with Crippen LogP contribution in [0.2, 0.25) is 0 Å². The molecule has 0 saturated heterocycles. The standard InChI is InChI=1S/C14H20BrNO/c1-9-6-7-12(10(2)8-9)13(17)16-14(4,5)11(3)15/h6-8,11H,1-5H3,(H,16,17). The first-order chi connectivity index (χ1) is 7.74. The van der Waals surface area contributed by atoms with Gasteiger partial charge in [0.05, 0.1) is 0 Å². The minimum Gasteiger partial charge on any atom is -0.346 e. The lowest BCUT2D eigenvalue weighted by Crippen LogP contribution is -2.49. The fraction of sp³-hybridized carbons (Fsp3) is 0.500. The fourth-order valence-corrected chi connectivity index (χ4v) is 1.64. The van der Waals surface area contributed by atoms with E-state index in [0.29, 0.717) is 0 Å². The first-order valence-corrected chi connectivity index (χ1v) is 6.69. The van der Waals surface area contributed by atoms with E-state index in [2.05, 4.69) is 21.2 Å². The molecule has 1 unspecified atom stereocenters. The van der Waals surface area contributed by atoms with Gasteiger partial charge in [-0.2, -0.15) is 0 Å². The summed E-state index contributed by atoms with van der Waals surface area (Å²) in [4.78, 5) is 12.4. The van der Waals surface area contributed by atoms with Crippen molar-refractivity contribution in [1.82, 2.24) is 5.32 Å². The zero-order valence-corrected chi connectivity index (χ0v) is 12.7. The Morgan fingerprint density at radius 2 is 1.94 bits per heavy atom. The molecule has 1 atom stereocenters. The number of hydrogen-bond donors (Lipinski definition) is 1. The van der Waals surface area contributed by atoms with Gasteiger partial charge in [0.1, 0.15) is 0 Å².